The number of aliphatic imine (C=N–C) groups is 1. The van der Waals surface area contributed by atoms with Crippen LogP contribution in [0.3, 0.4) is 0 Å². The summed E-state index contributed by atoms with van der Waals surface area (Å²) >= 11 is 0. The number of fused-ring (bicyclic) bond motifs is 1. The minimum Gasteiger partial charge on any atom is -0.408 e. The van der Waals surface area contributed by atoms with E-state index < -0.39 is 6.17 Å². The van der Waals surface area contributed by atoms with Crippen LogP contribution in [0.5, 0.6) is 0 Å². The molecule has 2 aromatic carbocycles. The third-order valence-corrected chi connectivity index (χ3v) is 4.97. The summed E-state index contributed by atoms with van der Waals surface area (Å²) < 4.78 is 11.1. The molecule has 8 heteroatoms. The Morgan fingerprint density at radius 2 is 1.86 bits per heavy atom. The molecule has 1 fully saturated rings. The van der Waals surface area contributed by atoms with E-state index in [9.17, 15) is 4.79 Å². The van der Waals surface area contributed by atoms with E-state index in [-0.39, 0.29) is 17.8 Å². The molecule has 2 atom stereocenters. The summed E-state index contributed by atoms with van der Waals surface area (Å²) in [6.07, 6.45) is -0.0669. The van der Waals surface area contributed by atoms with Gasteiger partial charge < -0.3 is 19.8 Å². The maximum absolute atomic E-state index is 12.8. The van der Waals surface area contributed by atoms with E-state index in [0.29, 0.717) is 30.5 Å². The molecule has 0 bridgehead atoms. The molecule has 5 rings (SSSR count). The number of aromatic nitrogens is 2. The lowest BCUT2D eigenvalue weighted by Crippen LogP contribution is -2.32. The Morgan fingerprint density at radius 1 is 1.03 bits per heavy atom. The zero-order valence-corrected chi connectivity index (χ0v) is 15.5. The highest BCUT2D eigenvalue weighted by Crippen LogP contribution is 2.27. The van der Waals surface area contributed by atoms with Gasteiger partial charge in [-0.1, -0.05) is 53.6 Å². The average Bonchev–Trinajstić information content (AvgIpc) is 3.42. The number of hydrogen-bond acceptors (Lipinski definition) is 7. The lowest BCUT2D eigenvalue weighted by Gasteiger charge is -2.11. The van der Waals surface area contributed by atoms with Crippen LogP contribution in [0.4, 0.5) is 11.7 Å². The molecule has 1 saturated heterocycles. The number of benzodiazepines with no additional fused rings is 1. The van der Waals surface area contributed by atoms with Crippen molar-refractivity contribution < 1.29 is 13.9 Å². The van der Waals surface area contributed by atoms with E-state index in [4.69, 9.17) is 14.1 Å². The Morgan fingerprint density at radius 3 is 2.69 bits per heavy atom. The lowest BCUT2D eigenvalue weighted by molar-refractivity contribution is -0.116. The van der Waals surface area contributed by atoms with Crippen LogP contribution in [0.25, 0.3) is 0 Å². The first-order valence-electron chi connectivity index (χ1n) is 9.49. The van der Waals surface area contributed by atoms with E-state index in [2.05, 4.69) is 20.8 Å². The normalized spacial score (nSPS) is 21.1. The van der Waals surface area contributed by atoms with Crippen molar-refractivity contribution in [1.29, 1.82) is 0 Å². The van der Waals surface area contributed by atoms with E-state index in [1.165, 1.54) is 0 Å². The number of nitrogens with one attached hydrogen (secondary N) is 2. The third kappa shape index (κ3) is 3.50. The second kappa shape index (κ2) is 7.48. The van der Waals surface area contributed by atoms with Gasteiger partial charge in [0.2, 0.25) is 12.1 Å². The Hall–Kier alpha value is -3.52. The van der Waals surface area contributed by atoms with Gasteiger partial charge in [0.25, 0.3) is 5.91 Å². The monoisotopic (exact) mass is 389 g/mol. The van der Waals surface area contributed by atoms with Crippen molar-refractivity contribution in [1.82, 2.24) is 10.2 Å². The minimum absolute atomic E-state index is 0.0913. The fourth-order valence-electron chi connectivity index (χ4n) is 3.48. The van der Waals surface area contributed by atoms with Gasteiger partial charge in [-0.25, -0.2) is 4.99 Å². The number of amides is 1. The number of hydrogen-bond donors (Lipinski definition) is 2. The minimum atomic E-state index is -0.911. The Kier molecular flexibility index (Phi) is 4.53. The number of carbonyl (C=O) groups excluding carboxylic acids is 1. The van der Waals surface area contributed by atoms with Crippen molar-refractivity contribution in [2.45, 2.75) is 18.5 Å². The highest BCUT2D eigenvalue weighted by molar-refractivity contribution is 6.19. The van der Waals surface area contributed by atoms with Crippen LogP contribution < -0.4 is 10.6 Å². The van der Waals surface area contributed by atoms with Gasteiger partial charge in [-0.05, 0) is 12.5 Å². The molecule has 0 saturated carbocycles. The molecular formula is C21H19N5O3. The summed E-state index contributed by atoms with van der Waals surface area (Å²) in [6, 6.07) is 17.5. The van der Waals surface area contributed by atoms with Crippen LogP contribution in [0.15, 0.2) is 64.0 Å². The van der Waals surface area contributed by atoms with Crippen LogP contribution in [0.2, 0.25) is 0 Å². The largest absolute Gasteiger partial charge is 0.408 e. The molecule has 1 aromatic heterocycles. The van der Waals surface area contributed by atoms with Crippen molar-refractivity contribution in [3.8, 4) is 0 Å². The quantitative estimate of drug-likeness (QED) is 0.711. The molecule has 29 heavy (non-hydrogen) atoms. The number of benzene rings is 2. The lowest BCUT2D eigenvalue weighted by atomic mass is 10.0. The number of anilines is 2. The van der Waals surface area contributed by atoms with Gasteiger partial charge in [0.05, 0.1) is 23.9 Å². The Balaban J connectivity index is 1.49. The average molecular weight is 389 g/mol. The number of ether oxygens (including phenoxy) is 1. The van der Waals surface area contributed by atoms with Gasteiger partial charge in [-0.2, -0.15) is 0 Å². The molecule has 2 aliphatic heterocycles. The predicted molar refractivity (Wildman–Crippen MR) is 107 cm³/mol. The van der Waals surface area contributed by atoms with Crippen LogP contribution >= 0.6 is 0 Å². The maximum atomic E-state index is 12.8. The van der Waals surface area contributed by atoms with E-state index in [1.54, 1.807) is 0 Å². The smallest absolute Gasteiger partial charge is 0.317 e. The van der Waals surface area contributed by atoms with Crippen molar-refractivity contribution in [3.63, 3.8) is 0 Å². The molecule has 0 radical (unpaired) electrons. The van der Waals surface area contributed by atoms with Gasteiger partial charge in [-0.15, -0.1) is 5.10 Å². The Labute approximate surface area is 167 Å². The van der Waals surface area contributed by atoms with Gasteiger partial charge in [0.1, 0.15) is 0 Å². The standard InChI is InChI=1S/C21H19N5O3/c27-19-18(24-21-26-25-20(29-21)14-10-11-28-12-14)23-17(13-6-2-1-3-7-13)15-8-4-5-9-16(15)22-19/h1-9,14,18H,10-12H2,(H,22,27)(H,24,26)/t14?,18-/m1/s1. The second-order valence-electron chi connectivity index (χ2n) is 6.93. The molecule has 0 aliphatic carbocycles. The third-order valence-electron chi connectivity index (χ3n) is 4.97. The van der Waals surface area contributed by atoms with Crippen LogP contribution in [0, 0.1) is 0 Å². The van der Waals surface area contributed by atoms with Gasteiger partial charge in [0.15, 0.2) is 0 Å². The number of carbonyl (C=O) groups is 1. The fraction of sp³-hybridized carbons (Fsp3) is 0.238. The van der Waals surface area contributed by atoms with Crippen molar-refractivity contribution in [2.24, 2.45) is 4.99 Å². The summed E-state index contributed by atoms with van der Waals surface area (Å²) in [5, 5.41) is 14.0. The molecule has 1 unspecified atom stereocenters. The SMILES string of the molecule is O=C1Nc2ccccc2C(c2ccccc2)=N[C@@H]1Nc1nnc(C2CCOC2)o1. The zero-order valence-electron chi connectivity index (χ0n) is 15.5. The van der Waals surface area contributed by atoms with Crippen molar-refractivity contribution >= 4 is 23.3 Å². The number of nitrogens with zero attached hydrogens (tertiary/aromatic N) is 3. The topological polar surface area (TPSA) is 102 Å². The number of rotatable bonds is 4. The summed E-state index contributed by atoms with van der Waals surface area (Å²) in [4.78, 5) is 17.5. The van der Waals surface area contributed by atoms with Gasteiger partial charge in [0, 0.05) is 17.7 Å². The Bertz CT molecular complexity index is 1060. The number of para-hydroxylation sites is 1. The van der Waals surface area contributed by atoms with E-state index in [1.807, 2.05) is 54.6 Å². The molecule has 0 spiro atoms. The highest BCUT2D eigenvalue weighted by Gasteiger charge is 2.28. The van der Waals surface area contributed by atoms with Crippen LogP contribution in [0.1, 0.15) is 29.4 Å². The van der Waals surface area contributed by atoms with Crippen LogP contribution in [-0.4, -0.2) is 41.2 Å². The summed E-state index contributed by atoms with van der Waals surface area (Å²) in [5.74, 6) is 0.301. The summed E-state index contributed by atoms with van der Waals surface area (Å²) in [7, 11) is 0. The van der Waals surface area contributed by atoms with E-state index in [0.717, 1.165) is 17.5 Å². The molecule has 2 aliphatic rings. The molecular weight excluding hydrogens is 370 g/mol. The summed E-state index contributed by atoms with van der Waals surface area (Å²) in [6.45, 7) is 1.25. The second-order valence-corrected chi connectivity index (χ2v) is 6.93. The molecule has 3 aromatic rings. The fourth-order valence-corrected chi connectivity index (χ4v) is 3.48. The van der Waals surface area contributed by atoms with Crippen LogP contribution in [-0.2, 0) is 9.53 Å². The molecule has 146 valence electrons. The van der Waals surface area contributed by atoms with E-state index >= 15 is 0 Å². The highest BCUT2D eigenvalue weighted by atomic mass is 16.5. The first kappa shape index (κ1) is 17.6. The first-order chi connectivity index (χ1) is 14.3. The molecule has 3 heterocycles. The first-order valence-corrected chi connectivity index (χ1v) is 9.49. The van der Waals surface area contributed by atoms with Gasteiger partial charge in [-0.3, -0.25) is 4.79 Å². The molecule has 8 nitrogen and oxygen atoms in total. The predicted octanol–water partition coefficient (Wildman–Crippen LogP) is 2.80. The maximum Gasteiger partial charge on any atom is 0.317 e. The van der Waals surface area contributed by atoms with Gasteiger partial charge >= 0.3 is 6.01 Å². The molecule has 1 amide bonds. The van der Waals surface area contributed by atoms with Crippen molar-refractivity contribution in [2.75, 3.05) is 23.8 Å². The molecule has 2 N–H and O–H groups in total. The van der Waals surface area contributed by atoms with Crippen molar-refractivity contribution in [3.05, 3.63) is 71.6 Å². The zero-order chi connectivity index (χ0) is 19.6. The summed E-state index contributed by atoms with van der Waals surface area (Å²) in [5.41, 5.74) is 3.18.